The third kappa shape index (κ3) is 7.10. The number of amides is 1. The minimum absolute atomic E-state index is 0.0499. The number of fused-ring (bicyclic) bond motifs is 2. The summed E-state index contributed by atoms with van der Waals surface area (Å²) >= 11 is 6.25. The van der Waals surface area contributed by atoms with Gasteiger partial charge in [-0.25, -0.2) is 23.7 Å². The molecule has 3 aromatic rings. The maximum atomic E-state index is 13.0. The first-order chi connectivity index (χ1) is 20.1. The molecule has 0 saturated carbocycles. The van der Waals surface area contributed by atoms with Crippen molar-refractivity contribution in [2.24, 2.45) is 0 Å². The van der Waals surface area contributed by atoms with Gasteiger partial charge in [-0.15, -0.1) is 11.3 Å². The molecule has 0 spiro atoms. The molecule has 2 aliphatic rings. The number of nitrogens with two attached hydrogens (primary N) is 1. The summed E-state index contributed by atoms with van der Waals surface area (Å²) < 4.78 is 65.9. The van der Waals surface area contributed by atoms with Crippen molar-refractivity contribution < 1.29 is 65.4 Å². The lowest BCUT2D eigenvalue weighted by Gasteiger charge is -2.22. The highest BCUT2D eigenvalue weighted by Gasteiger charge is 2.56. The first-order valence-electron chi connectivity index (χ1n) is 11.3. The Morgan fingerprint density at radius 2 is 1.93 bits per heavy atom. The second kappa shape index (κ2) is 11.8. The molecule has 7 atom stereocenters. The van der Waals surface area contributed by atoms with Crippen LogP contribution >= 0.6 is 47.0 Å². The zero-order valence-corrected chi connectivity index (χ0v) is 25.0. The first-order valence-corrected chi connectivity index (χ1v) is 17.1. The molecule has 21 nitrogen and oxygen atoms in total. The molecule has 1 amide bonds. The Hall–Kier alpha value is -2.48. The number of H-pyrrole nitrogens is 1. The van der Waals surface area contributed by atoms with Gasteiger partial charge in [0.15, 0.2) is 16.8 Å². The van der Waals surface area contributed by atoms with Crippen molar-refractivity contribution in [3.63, 3.8) is 0 Å². The van der Waals surface area contributed by atoms with Crippen LogP contribution in [0.2, 0.25) is 0 Å². The number of carbonyl (C=O) groups is 1. The number of ether oxygens (including phenoxy) is 3. The largest absolute Gasteiger partial charge is 0.490 e. The fourth-order valence-electron chi connectivity index (χ4n) is 4.10. The number of nitrogens with one attached hydrogen (secondary N) is 2. The Morgan fingerprint density at radius 1 is 1.21 bits per heavy atom. The molecule has 0 aliphatic carbocycles. The van der Waals surface area contributed by atoms with Gasteiger partial charge < -0.3 is 49.8 Å². The standard InChI is InChI=1S/C17H18N7O14P3S2/c18-3-6-1-2-43-14(6)22-12(25)16-35-9-7(4-33-40(29,30)38-41(31,32)37-39(26,27)28)34-15(10(9)36-16)24-5-20-8-11(24)21-17(19)23-13(8)42/h1-2,5,7,9-10,15-16H,4H2,(H,22,25)(H,29,30)(H,31,32)(H2,26,27,28)(H3,19,21,23,42). The highest BCUT2D eigenvalue weighted by Crippen LogP contribution is 2.66. The van der Waals surface area contributed by atoms with Crippen molar-refractivity contribution in [1.82, 2.24) is 19.5 Å². The van der Waals surface area contributed by atoms with Crippen LogP contribution in [0.25, 0.3) is 11.2 Å². The van der Waals surface area contributed by atoms with Gasteiger partial charge in [0.1, 0.15) is 40.5 Å². The number of thiophene rings is 1. The van der Waals surface area contributed by atoms with Gasteiger partial charge in [-0.3, -0.25) is 13.9 Å². The molecular formula is C17H18N7O14P3S2. The molecule has 8 N–H and O–H groups in total. The molecule has 2 aliphatic heterocycles. The number of hydrogen-bond acceptors (Lipinski definition) is 16. The molecule has 2 saturated heterocycles. The van der Waals surface area contributed by atoms with Crippen molar-refractivity contribution in [1.29, 1.82) is 5.26 Å². The van der Waals surface area contributed by atoms with Crippen LogP contribution < -0.4 is 11.1 Å². The number of nitrogens with zero attached hydrogens (tertiary/aromatic N) is 4. The fourth-order valence-corrected chi connectivity index (χ4v) is 8.12. The molecule has 5 heterocycles. The van der Waals surface area contributed by atoms with Gasteiger partial charge in [0.05, 0.1) is 18.5 Å². The predicted molar refractivity (Wildman–Crippen MR) is 142 cm³/mol. The quantitative estimate of drug-likeness (QED) is 0.114. The topological polar surface area (TPSA) is 313 Å². The predicted octanol–water partition coefficient (Wildman–Crippen LogP) is 0.994. The molecule has 3 aromatic heterocycles. The average molecular weight is 701 g/mol. The SMILES string of the molecule is N#Cc1ccsc1NC(=O)C1OC2C(COP(=O)(O)OP(=O)(O)OP(=O)(O)O)OC(n3cnc4c(=S)nc(N)[nH]c43)C2O1. The Balaban J connectivity index is 1.39. The van der Waals surface area contributed by atoms with Crippen LogP contribution in [-0.4, -0.2) is 76.2 Å². The van der Waals surface area contributed by atoms with Crippen molar-refractivity contribution in [2.75, 3.05) is 17.7 Å². The molecular weight excluding hydrogens is 683 g/mol. The van der Waals surface area contributed by atoms with E-state index in [1.807, 2.05) is 6.07 Å². The number of imidazole rings is 1. The summed E-state index contributed by atoms with van der Waals surface area (Å²) in [5.41, 5.74) is 6.42. The number of aromatic nitrogens is 4. The van der Waals surface area contributed by atoms with Gasteiger partial charge in [0, 0.05) is 0 Å². The Bertz CT molecular complexity index is 1820. The number of hydrogen-bond donors (Lipinski definition) is 7. The lowest BCUT2D eigenvalue weighted by Crippen LogP contribution is -2.34. The number of phosphoric acid groups is 3. The van der Waals surface area contributed by atoms with E-state index in [9.17, 15) is 33.5 Å². The number of nitriles is 1. The number of anilines is 2. The molecule has 0 bridgehead atoms. The smallest absolute Gasteiger partial charge is 0.369 e. The second-order valence-corrected chi connectivity index (χ2v) is 14.2. The highest BCUT2D eigenvalue weighted by atomic mass is 32.1. The minimum atomic E-state index is -5.78. The Kier molecular flexibility index (Phi) is 8.76. The van der Waals surface area contributed by atoms with E-state index in [2.05, 4.69) is 28.9 Å². The molecule has 0 radical (unpaired) electrons. The summed E-state index contributed by atoms with van der Waals surface area (Å²) in [4.78, 5) is 60.5. The summed E-state index contributed by atoms with van der Waals surface area (Å²) in [5, 5.41) is 13.5. The van der Waals surface area contributed by atoms with Crippen molar-refractivity contribution >= 4 is 75.0 Å². The van der Waals surface area contributed by atoms with Crippen molar-refractivity contribution in [3.05, 3.63) is 28.0 Å². The van der Waals surface area contributed by atoms with Gasteiger partial charge in [0.25, 0.3) is 5.91 Å². The Labute approximate surface area is 247 Å². The lowest BCUT2D eigenvalue weighted by atomic mass is 10.1. The van der Waals surface area contributed by atoms with Gasteiger partial charge in [-0.2, -0.15) is 13.9 Å². The van der Waals surface area contributed by atoms with Crippen LogP contribution in [0.3, 0.4) is 0 Å². The van der Waals surface area contributed by atoms with E-state index in [1.165, 1.54) is 17.0 Å². The summed E-state index contributed by atoms with van der Waals surface area (Å²) in [6, 6.07) is 3.41. The number of aromatic amines is 1. The van der Waals surface area contributed by atoms with E-state index >= 15 is 0 Å². The van der Waals surface area contributed by atoms with Crippen molar-refractivity contribution in [2.45, 2.75) is 30.8 Å². The van der Waals surface area contributed by atoms with Gasteiger partial charge >= 0.3 is 23.5 Å². The summed E-state index contributed by atoms with van der Waals surface area (Å²) in [5.74, 6) is -0.870. The summed E-state index contributed by atoms with van der Waals surface area (Å²) in [7, 11) is -16.9. The van der Waals surface area contributed by atoms with Crippen LogP contribution in [-0.2, 0) is 45.8 Å². The van der Waals surface area contributed by atoms with Crippen LogP contribution in [0, 0.1) is 16.0 Å². The zero-order valence-electron chi connectivity index (χ0n) is 20.7. The van der Waals surface area contributed by atoms with Gasteiger partial charge in [-0.05, 0) is 11.4 Å². The van der Waals surface area contributed by atoms with E-state index in [0.717, 1.165) is 11.3 Å². The molecule has 232 valence electrons. The number of phosphoric ester groups is 1. The van der Waals surface area contributed by atoms with E-state index in [4.69, 9.17) is 46.5 Å². The zero-order chi connectivity index (χ0) is 31.3. The van der Waals surface area contributed by atoms with Crippen molar-refractivity contribution in [3.8, 4) is 6.07 Å². The summed E-state index contributed by atoms with van der Waals surface area (Å²) in [6.07, 6.45) is -5.14. The monoisotopic (exact) mass is 701 g/mol. The highest BCUT2D eigenvalue weighted by molar-refractivity contribution is 7.71. The molecule has 0 aromatic carbocycles. The number of rotatable bonds is 10. The molecule has 5 rings (SSSR count). The van der Waals surface area contributed by atoms with Gasteiger partial charge in [-0.1, -0.05) is 12.2 Å². The van der Waals surface area contributed by atoms with Gasteiger partial charge in [0.2, 0.25) is 6.29 Å². The van der Waals surface area contributed by atoms with Crippen LogP contribution in [0.15, 0.2) is 17.8 Å². The van der Waals surface area contributed by atoms with E-state index in [1.54, 1.807) is 5.38 Å². The third-order valence-corrected chi connectivity index (χ3v) is 10.6. The van der Waals surface area contributed by atoms with Crippen LogP contribution in [0.5, 0.6) is 0 Å². The van der Waals surface area contributed by atoms with Crippen LogP contribution in [0.4, 0.5) is 10.9 Å². The minimum Gasteiger partial charge on any atom is -0.369 e. The second-order valence-electron chi connectivity index (χ2n) is 8.53. The van der Waals surface area contributed by atoms with Crippen LogP contribution in [0.1, 0.15) is 11.8 Å². The number of carbonyl (C=O) groups excluding carboxylic acids is 1. The van der Waals surface area contributed by atoms with E-state index in [0.29, 0.717) is 0 Å². The summed E-state index contributed by atoms with van der Waals surface area (Å²) in [6.45, 7) is -0.908. The third-order valence-electron chi connectivity index (χ3n) is 5.64. The first kappa shape index (κ1) is 31.9. The molecule has 26 heteroatoms. The van der Waals surface area contributed by atoms with E-state index < -0.39 is 66.8 Å². The number of nitrogen functional groups attached to an aromatic ring is 1. The Morgan fingerprint density at radius 3 is 2.63 bits per heavy atom. The lowest BCUT2D eigenvalue weighted by molar-refractivity contribution is -0.166. The molecule has 43 heavy (non-hydrogen) atoms. The maximum absolute atomic E-state index is 13.0. The van der Waals surface area contributed by atoms with E-state index in [-0.39, 0.29) is 32.3 Å². The average Bonchev–Trinajstić information content (AvgIpc) is 3.64. The molecule has 7 unspecified atom stereocenters. The molecule has 2 fully saturated rings. The fraction of sp³-hybridized carbons (Fsp3) is 0.353. The normalized spacial score (nSPS) is 26.4. The maximum Gasteiger partial charge on any atom is 0.490 e.